The van der Waals surface area contributed by atoms with E-state index in [0.717, 1.165) is 25.4 Å². The summed E-state index contributed by atoms with van der Waals surface area (Å²) in [5.74, 6) is 0.711. The molecule has 0 unspecified atom stereocenters. The fraction of sp³-hybridized carbons (Fsp3) is 0.933. The molecule has 2 nitrogen and oxygen atoms in total. The van der Waals surface area contributed by atoms with Crippen LogP contribution in [0.4, 0.5) is 0 Å². The van der Waals surface area contributed by atoms with Crippen molar-refractivity contribution in [1.29, 1.82) is 0 Å². The van der Waals surface area contributed by atoms with Crippen molar-refractivity contribution in [3.63, 3.8) is 0 Å². The SMILES string of the molecule is CC(C)CN(CC1(C=O)CCCCC1)C1CC1. The van der Waals surface area contributed by atoms with Gasteiger partial charge in [-0.3, -0.25) is 4.90 Å². The minimum absolute atomic E-state index is 0.00424. The minimum Gasteiger partial charge on any atom is -0.303 e. The van der Waals surface area contributed by atoms with Crippen molar-refractivity contribution in [1.82, 2.24) is 4.90 Å². The van der Waals surface area contributed by atoms with Crippen LogP contribution in [0.25, 0.3) is 0 Å². The lowest BCUT2D eigenvalue weighted by atomic mass is 9.74. The molecule has 0 aromatic rings. The van der Waals surface area contributed by atoms with Gasteiger partial charge < -0.3 is 4.79 Å². The van der Waals surface area contributed by atoms with Crippen LogP contribution >= 0.6 is 0 Å². The van der Waals surface area contributed by atoms with Crippen LogP contribution in [0.15, 0.2) is 0 Å². The van der Waals surface area contributed by atoms with E-state index in [1.165, 1.54) is 44.9 Å². The van der Waals surface area contributed by atoms with E-state index in [9.17, 15) is 4.79 Å². The summed E-state index contributed by atoms with van der Waals surface area (Å²) < 4.78 is 0. The highest BCUT2D eigenvalue weighted by Crippen LogP contribution is 2.38. The van der Waals surface area contributed by atoms with Gasteiger partial charge in [-0.15, -0.1) is 0 Å². The van der Waals surface area contributed by atoms with Crippen LogP contribution in [0.2, 0.25) is 0 Å². The maximum atomic E-state index is 11.5. The molecular weight excluding hydrogens is 210 g/mol. The Bertz CT molecular complexity index is 252. The monoisotopic (exact) mass is 237 g/mol. The van der Waals surface area contributed by atoms with Gasteiger partial charge in [0.1, 0.15) is 6.29 Å². The second-order valence-electron chi connectivity index (χ2n) is 6.60. The predicted octanol–water partition coefficient (Wildman–Crippen LogP) is 3.26. The fourth-order valence-electron chi connectivity index (χ4n) is 3.23. The van der Waals surface area contributed by atoms with Gasteiger partial charge >= 0.3 is 0 Å². The molecular formula is C15H27NO. The summed E-state index contributed by atoms with van der Waals surface area (Å²) in [6.07, 6.45) is 10.0. The summed E-state index contributed by atoms with van der Waals surface area (Å²) in [7, 11) is 0. The van der Waals surface area contributed by atoms with Crippen LogP contribution in [0.1, 0.15) is 58.8 Å². The number of aldehydes is 1. The lowest BCUT2D eigenvalue weighted by molar-refractivity contribution is -0.119. The van der Waals surface area contributed by atoms with Crippen molar-refractivity contribution in [2.45, 2.75) is 64.8 Å². The highest BCUT2D eigenvalue weighted by atomic mass is 16.1. The van der Waals surface area contributed by atoms with Crippen LogP contribution in [0.5, 0.6) is 0 Å². The van der Waals surface area contributed by atoms with Gasteiger partial charge in [0.05, 0.1) is 0 Å². The molecule has 0 atom stereocenters. The Balaban J connectivity index is 1.96. The molecule has 0 radical (unpaired) electrons. The van der Waals surface area contributed by atoms with Crippen molar-refractivity contribution in [2.24, 2.45) is 11.3 Å². The molecule has 2 saturated carbocycles. The van der Waals surface area contributed by atoms with Gasteiger partial charge in [0.2, 0.25) is 0 Å². The van der Waals surface area contributed by atoms with Gasteiger partial charge in [-0.1, -0.05) is 33.1 Å². The second kappa shape index (κ2) is 5.51. The minimum atomic E-state index is -0.00424. The van der Waals surface area contributed by atoms with Crippen LogP contribution in [-0.2, 0) is 4.79 Å². The highest BCUT2D eigenvalue weighted by molar-refractivity contribution is 5.60. The Morgan fingerprint density at radius 1 is 1.24 bits per heavy atom. The smallest absolute Gasteiger partial charge is 0.127 e. The topological polar surface area (TPSA) is 20.3 Å². The lowest BCUT2D eigenvalue weighted by Crippen LogP contribution is -2.42. The van der Waals surface area contributed by atoms with Gasteiger partial charge in [0.25, 0.3) is 0 Å². The summed E-state index contributed by atoms with van der Waals surface area (Å²) in [4.78, 5) is 14.1. The summed E-state index contributed by atoms with van der Waals surface area (Å²) in [6.45, 7) is 6.76. The van der Waals surface area contributed by atoms with E-state index in [-0.39, 0.29) is 5.41 Å². The van der Waals surface area contributed by atoms with E-state index < -0.39 is 0 Å². The molecule has 0 aromatic carbocycles. The molecule has 98 valence electrons. The first-order valence-corrected chi connectivity index (χ1v) is 7.36. The van der Waals surface area contributed by atoms with Gasteiger partial charge in [-0.05, 0) is 31.6 Å². The Morgan fingerprint density at radius 2 is 1.88 bits per heavy atom. The second-order valence-corrected chi connectivity index (χ2v) is 6.60. The zero-order valence-electron chi connectivity index (χ0n) is 11.5. The van der Waals surface area contributed by atoms with Crippen LogP contribution in [-0.4, -0.2) is 30.3 Å². The molecule has 0 N–H and O–H groups in total. The average Bonchev–Trinajstić information content (AvgIpc) is 3.13. The number of hydrogen-bond acceptors (Lipinski definition) is 2. The molecule has 0 heterocycles. The first-order valence-electron chi connectivity index (χ1n) is 7.36. The third-order valence-electron chi connectivity index (χ3n) is 4.28. The van der Waals surface area contributed by atoms with Crippen molar-refractivity contribution < 1.29 is 4.79 Å². The molecule has 0 spiro atoms. The Morgan fingerprint density at radius 3 is 2.35 bits per heavy atom. The van der Waals surface area contributed by atoms with E-state index in [4.69, 9.17) is 0 Å². The zero-order valence-corrected chi connectivity index (χ0v) is 11.5. The fourth-order valence-corrected chi connectivity index (χ4v) is 3.23. The molecule has 0 saturated heterocycles. The maximum absolute atomic E-state index is 11.5. The van der Waals surface area contributed by atoms with E-state index >= 15 is 0 Å². The van der Waals surface area contributed by atoms with Crippen molar-refractivity contribution in [2.75, 3.05) is 13.1 Å². The van der Waals surface area contributed by atoms with Gasteiger partial charge in [0.15, 0.2) is 0 Å². The average molecular weight is 237 g/mol. The largest absolute Gasteiger partial charge is 0.303 e. The zero-order chi connectivity index (χ0) is 12.3. The molecule has 0 bridgehead atoms. The van der Waals surface area contributed by atoms with Crippen LogP contribution < -0.4 is 0 Å². The van der Waals surface area contributed by atoms with Gasteiger partial charge in [-0.25, -0.2) is 0 Å². The number of rotatable bonds is 6. The molecule has 0 amide bonds. The standard InChI is InChI=1S/C15H27NO/c1-13(2)10-16(14-6-7-14)11-15(12-17)8-4-3-5-9-15/h12-14H,3-11H2,1-2H3. The third kappa shape index (κ3) is 3.54. The molecule has 2 aliphatic carbocycles. The normalized spacial score (nSPS) is 24.2. The van der Waals surface area contributed by atoms with E-state index in [1.54, 1.807) is 0 Å². The van der Waals surface area contributed by atoms with Crippen molar-refractivity contribution >= 4 is 6.29 Å². The van der Waals surface area contributed by atoms with Crippen LogP contribution in [0, 0.1) is 11.3 Å². The molecule has 2 rings (SSSR count). The van der Waals surface area contributed by atoms with Crippen molar-refractivity contribution in [3.8, 4) is 0 Å². The number of nitrogens with zero attached hydrogens (tertiary/aromatic N) is 1. The maximum Gasteiger partial charge on any atom is 0.127 e. The first kappa shape index (κ1) is 13.1. The highest BCUT2D eigenvalue weighted by Gasteiger charge is 2.38. The van der Waals surface area contributed by atoms with E-state index in [2.05, 4.69) is 18.7 Å². The van der Waals surface area contributed by atoms with E-state index in [1.807, 2.05) is 0 Å². The number of hydrogen-bond donors (Lipinski definition) is 0. The molecule has 2 fully saturated rings. The van der Waals surface area contributed by atoms with Gasteiger partial charge in [-0.2, -0.15) is 0 Å². The van der Waals surface area contributed by atoms with E-state index in [0.29, 0.717) is 5.92 Å². The molecule has 0 aromatic heterocycles. The Kier molecular flexibility index (Phi) is 4.24. The van der Waals surface area contributed by atoms with Crippen molar-refractivity contribution in [3.05, 3.63) is 0 Å². The molecule has 2 heteroatoms. The first-order chi connectivity index (χ1) is 8.15. The Hall–Kier alpha value is -0.370. The quantitative estimate of drug-likeness (QED) is 0.661. The number of carbonyl (C=O) groups excluding carboxylic acids is 1. The predicted molar refractivity (Wildman–Crippen MR) is 71.0 cm³/mol. The van der Waals surface area contributed by atoms with Gasteiger partial charge in [0, 0.05) is 24.5 Å². The summed E-state index contributed by atoms with van der Waals surface area (Å²) in [5.41, 5.74) is -0.00424. The van der Waals surface area contributed by atoms with Crippen LogP contribution in [0.3, 0.4) is 0 Å². The molecule has 0 aliphatic heterocycles. The molecule has 2 aliphatic rings. The number of carbonyl (C=O) groups is 1. The summed E-state index contributed by atoms with van der Waals surface area (Å²) >= 11 is 0. The third-order valence-corrected chi connectivity index (χ3v) is 4.28. The summed E-state index contributed by atoms with van der Waals surface area (Å²) in [5, 5.41) is 0. The lowest BCUT2D eigenvalue weighted by Gasteiger charge is -2.37. The molecule has 17 heavy (non-hydrogen) atoms. The summed E-state index contributed by atoms with van der Waals surface area (Å²) in [6, 6.07) is 0.788. The Labute approximate surface area is 106 Å².